The second-order valence-corrected chi connectivity index (χ2v) is 0.850. The maximum absolute atomic E-state index is 9.38. The van der Waals surface area contributed by atoms with Crippen LogP contribution in [0, 0.1) is 0 Å². The molecule has 0 atom stereocenters. The molecule has 0 aromatic carbocycles. The molecule has 0 amide bonds. The summed E-state index contributed by atoms with van der Waals surface area (Å²) in [7, 11) is 0. The van der Waals surface area contributed by atoms with E-state index in [9.17, 15) is 9.59 Å². The van der Waals surface area contributed by atoms with Gasteiger partial charge < -0.3 is 4.79 Å². The second-order valence-electron chi connectivity index (χ2n) is 0.850. The van der Waals surface area contributed by atoms with Crippen molar-refractivity contribution in [2.45, 2.75) is 12.8 Å². The van der Waals surface area contributed by atoms with Gasteiger partial charge in [-0.05, 0) is 0 Å². The van der Waals surface area contributed by atoms with Gasteiger partial charge in [0.1, 0.15) is 6.29 Å². The van der Waals surface area contributed by atoms with Crippen LogP contribution in [0.1, 0.15) is 12.8 Å². The van der Waals surface area contributed by atoms with Crippen LogP contribution in [0.3, 0.4) is 0 Å². The highest BCUT2D eigenvalue weighted by molar-refractivity contribution is 5.59. The van der Waals surface area contributed by atoms with Gasteiger partial charge in [-0.1, -0.05) is 0 Å². The molecule has 0 aromatic rings. The Bertz CT molecular complexity index is 41.5. The summed E-state index contributed by atoms with van der Waals surface area (Å²) in [5.41, 5.74) is 0. The van der Waals surface area contributed by atoms with Gasteiger partial charge in [0, 0.05) is 12.8 Å². The third-order valence-corrected chi connectivity index (χ3v) is 0.364. The Morgan fingerprint density at radius 1 is 1.67 bits per heavy atom. The second kappa shape index (κ2) is 4.34. The highest BCUT2D eigenvalue weighted by Gasteiger charge is 1.76. The third-order valence-electron chi connectivity index (χ3n) is 0.364. The molecule has 0 fully saturated rings. The van der Waals surface area contributed by atoms with Gasteiger partial charge in [-0.3, -0.25) is 4.79 Å². The molecule has 2 nitrogen and oxygen atoms in total. The fourth-order valence-corrected chi connectivity index (χ4v) is 0.118. The number of carbonyl (C=O) groups excluding carboxylic acids is 2. The molecule has 0 spiro atoms. The van der Waals surface area contributed by atoms with Gasteiger partial charge in [-0.25, -0.2) is 0 Å². The molecule has 0 N–H and O–H groups in total. The number of hydrogen-bond acceptors (Lipinski definition) is 2. The average molecular weight is 85.1 g/mol. The number of unbranched alkanes of at least 4 members (excludes halogenated alkanes) is 1. The lowest BCUT2D eigenvalue weighted by Gasteiger charge is -1.67. The number of rotatable bonds is 3. The van der Waals surface area contributed by atoms with Crippen LogP contribution in [-0.4, -0.2) is 12.6 Å². The molecule has 0 aromatic heterocycles. The summed E-state index contributed by atoms with van der Waals surface area (Å²) in [6.07, 6.45) is 2.84. The first-order valence-electron chi connectivity index (χ1n) is 1.70. The van der Waals surface area contributed by atoms with Crippen molar-refractivity contribution in [3.05, 3.63) is 0 Å². The number of carbonyl (C=O) groups is 1. The summed E-state index contributed by atoms with van der Waals surface area (Å²) in [6.45, 7) is 0. The Labute approximate surface area is 36.2 Å². The highest BCUT2D eigenvalue weighted by Crippen LogP contribution is 1.72. The molecule has 0 heterocycles. The Balaban J connectivity index is 2.66. The van der Waals surface area contributed by atoms with E-state index >= 15 is 0 Å². The summed E-state index contributed by atoms with van der Waals surface area (Å²) in [4.78, 5) is 18.7. The molecule has 0 aliphatic rings. The fourth-order valence-electron chi connectivity index (χ4n) is 0.118. The van der Waals surface area contributed by atoms with E-state index in [0.29, 0.717) is 12.7 Å². The largest absolute Gasteiger partial charge is 0.303 e. The molecule has 0 rings (SSSR count). The molecule has 2 heteroatoms. The van der Waals surface area contributed by atoms with Crippen LogP contribution in [-0.2, 0) is 9.59 Å². The number of hydrogen-bond donors (Lipinski definition) is 0. The van der Waals surface area contributed by atoms with E-state index in [0.717, 1.165) is 0 Å². The summed E-state index contributed by atoms with van der Waals surface area (Å²) in [6, 6.07) is 0. The zero-order valence-corrected chi connectivity index (χ0v) is 3.31. The first-order chi connectivity index (χ1) is 2.91. The van der Waals surface area contributed by atoms with E-state index in [4.69, 9.17) is 0 Å². The number of aldehydes is 1. The molecule has 0 saturated carbocycles. The normalized spacial score (nSPS) is 7.33. The molecule has 6 heavy (non-hydrogen) atoms. The van der Waals surface area contributed by atoms with Crippen LogP contribution in [0.4, 0.5) is 0 Å². The van der Waals surface area contributed by atoms with E-state index in [1.165, 1.54) is 0 Å². The molecular weight excluding hydrogens is 80.0 g/mol. The molecule has 0 unspecified atom stereocenters. The van der Waals surface area contributed by atoms with Crippen molar-refractivity contribution in [3.8, 4) is 0 Å². The molecule has 1 radical (unpaired) electrons. The molecular formula is C4H5O2. The highest BCUT2D eigenvalue weighted by atomic mass is 16.1. The Kier molecular flexibility index (Phi) is 3.86. The first kappa shape index (κ1) is 5.34. The third kappa shape index (κ3) is 3.34. The SMILES string of the molecule is O=[C]CCC=O. The summed E-state index contributed by atoms with van der Waals surface area (Å²) < 4.78 is 0. The van der Waals surface area contributed by atoms with Crippen molar-refractivity contribution >= 4 is 12.6 Å². The fraction of sp³-hybridized carbons (Fsp3) is 0.500. The lowest BCUT2D eigenvalue weighted by molar-refractivity contribution is -0.107. The minimum Gasteiger partial charge on any atom is -0.303 e. The van der Waals surface area contributed by atoms with Crippen LogP contribution in [0.2, 0.25) is 0 Å². The van der Waals surface area contributed by atoms with Gasteiger partial charge in [0.15, 0.2) is 6.29 Å². The zero-order valence-electron chi connectivity index (χ0n) is 3.31. The van der Waals surface area contributed by atoms with Crippen molar-refractivity contribution in [2.24, 2.45) is 0 Å². The van der Waals surface area contributed by atoms with Crippen molar-refractivity contribution in [1.82, 2.24) is 0 Å². The van der Waals surface area contributed by atoms with E-state index < -0.39 is 0 Å². The Morgan fingerprint density at radius 3 is 2.50 bits per heavy atom. The van der Waals surface area contributed by atoms with Crippen LogP contribution in [0.15, 0.2) is 0 Å². The zero-order chi connectivity index (χ0) is 4.83. The Hall–Kier alpha value is -0.660. The van der Waals surface area contributed by atoms with Gasteiger partial charge in [0.2, 0.25) is 0 Å². The van der Waals surface area contributed by atoms with Crippen LogP contribution in [0.25, 0.3) is 0 Å². The minimum atomic E-state index is 0.240. The monoisotopic (exact) mass is 85.0 g/mol. The topological polar surface area (TPSA) is 34.1 Å². The van der Waals surface area contributed by atoms with E-state index in [1.807, 2.05) is 0 Å². The van der Waals surface area contributed by atoms with Crippen molar-refractivity contribution in [3.63, 3.8) is 0 Å². The van der Waals surface area contributed by atoms with E-state index in [2.05, 4.69) is 0 Å². The lowest BCUT2D eigenvalue weighted by Crippen LogP contribution is -1.73. The van der Waals surface area contributed by atoms with Crippen LogP contribution >= 0.6 is 0 Å². The molecule has 0 aliphatic heterocycles. The van der Waals surface area contributed by atoms with Crippen molar-refractivity contribution in [1.29, 1.82) is 0 Å². The smallest absolute Gasteiger partial charge is 0.198 e. The summed E-state index contributed by atoms with van der Waals surface area (Å²) in [5.74, 6) is 0. The molecule has 0 bridgehead atoms. The first-order valence-corrected chi connectivity index (χ1v) is 1.70. The van der Waals surface area contributed by atoms with Crippen molar-refractivity contribution < 1.29 is 9.59 Å². The van der Waals surface area contributed by atoms with E-state index in [1.54, 1.807) is 6.29 Å². The van der Waals surface area contributed by atoms with Crippen molar-refractivity contribution in [2.75, 3.05) is 0 Å². The summed E-state index contributed by atoms with van der Waals surface area (Å²) in [5, 5.41) is 0. The standard InChI is InChI=1S/C4H5O2/c5-3-1-2-4-6/h3H,1-2H2. The van der Waals surface area contributed by atoms with Gasteiger partial charge in [0.05, 0.1) is 0 Å². The quantitative estimate of drug-likeness (QED) is 0.359. The predicted octanol–water partition coefficient (Wildman–Crippen LogP) is 0.0752. The van der Waals surface area contributed by atoms with Crippen LogP contribution in [0.5, 0.6) is 0 Å². The summed E-state index contributed by atoms with van der Waals surface area (Å²) >= 11 is 0. The van der Waals surface area contributed by atoms with Gasteiger partial charge >= 0.3 is 0 Å². The minimum absolute atomic E-state index is 0.240. The lowest BCUT2D eigenvalue weighted by atomic mass is 10.4. The average Bonchev–Trinajstić information content (AvgIpc) is 1.61. The molecule has 0 saturated heterocycles. The maximum atomic E-state index is 9.38. The molecule has 33 valence electrons. The Morgan fingerprint density at radius 2 is 2.33 bits per heavy atom. The maximum Gasteiger partial charge on any atom is 0.198 e. The van der Waals surface area contributed by atoms with Gasteiger partial charge in [-0.15, -0.1) is 0 Å². The van der Waals surface area contributed by atoms with Gasteiger partial charge in [0.25, 0.3) is 0 Å². The van der Waals surface area contributed by atoms with Gasteiger partial charge in [-0.2, -0.15) is 0 Å². The predicted molar refractivity (Wildman–Crippen MR) is 21.0 cm³/mol. The van der Waals surface area contributed by atoms with E-state index in [-0.39, 0.29) is 6.42 Å². The van der Waals surface area contributed by atoms with Crippen LogP contribution < -0.4 is 0 Å². The molecule has 0 aliphatic carbocycles.